The number of rotatable bonds is 2. The molecule has 2 atom stereocenters. The summed E-state index contributed by atoms with van der Waals surface area (Å²) in [6, 6.07) is 8.35. The molecule has 0 saturated carbocycles. The fourth-order valence-electron chi connectivity index (χ4n) is 3.02. The van der Waals surface area contributed by atoms with Gasteiger partial charge in [-0.25, -0.2) is 0 Å². The highest BCUT2D eigenvalue weighted by molar-refractivity contribution is 5.85. The van der Waals surface area contributed by atoms with Crippen molar-refractivity contribution in [3.8, 4) is 5.75 Å². The number of nitrogens with zero attached hydrogens (tertiary/aromatic N) is 1. The third-order valence-corrected chi connectivity index (χ3v) is 4.16. The first kappa shape index (κ1) is 12.5. The van der Waals surface area contributed by atoms with E-state index in [0.29, 0.717) is 12.6 Å². The van der Waals surface area contributed by atoms with Crippen LogP contribution >= 0.6 is 0 Å². The van der Waals surface area contributed by atoms with Crippen molar-refractivity contribution in [3.05, 3.63) is 29.8 Å². The van der Waals surface area contributed by atoms with Gasteiger partial charge in [0.1, 0.15) is 5.75 Å². The number of benzene rings is 1. The van der Waals surface area contributed by atoms with Gasteiger partial charge in [-0.3, -0.25) is 4.79 Å². The molecule has 1 aromatic carbocycles. The highest BCUT2D eigenvalue weighted by Crippen LogP contribution is 2.35. The molecule has 19 heavy (non-hydrogen) atoms. The van der Waals surface area contributed by atoms with Crippen LogP contribution in [0.1, 0.15) is 24.3 Å². The van der Waals surface area contributed by atoms with Crippen molar-refractivity contribution in [1.29, 1.82) is 0 Å². The zero-order chi connectivity index (χ0) is 13.2. The van der Waals surface area contributed by atoms with Gasteiger partial charge in [0.15, 0.2) is 0 Å². The van der Waals surface area contributed by atoms with Crippen molar-refractivity contribution in [3.63, 3.8) is 0 Å². The number of fused-ring (bicyclic) bond motifs is 1. The van der Waals surface area contributed by atoms with Crippen LogP contribution in [-0.4, -0.2) is 43.6 Å². The summed E-state index contributed by atoms with van der Waals surface area (Å²) in [5.41, 5.74) is 1.05. The Morgan fingerprint density at radius 1 is 1.37 bits per heavy atom. The Labute approximate surface area is 113 Å². The number of likely N-dealkylation sites (N-methyl/N-ethyl adjacent to an activating group) is 1. The van der Waals surface area contributed by atoms with E-state index >= 15 is 0 Å². The lowest BCUT2D eigenvalue weighted by Crippen LogP contribution is -2.37. The summed E-state index contributed by atoms with van der Waals surface area (Å²) in [4.78, 5) is 14.7. The molecule has 0 radical (unpaired) electrons. The van der Waals surface area contributed by atoms with E-state index in [0.717, 1.165) is 37.2 Å². The summed E-state index contributed by atoms with van der Waals surface area (Å²) in [7, 11) is 1.96. The summed E-state index contributed by atoms with van der Waals surface area (Å²) in [5.74, 6) is 1.10. The zero-order valence-corrected chi connectivity index (χ0v) is 11.3. The number of amides is 1. The number of carbonyl (C=O) groups excluding carboxylic acids is 1. The summed E-state index contributed by atoms with van der Waals surface area (Å²) >= 11 is 0. The Morgan fingerprint density at radius 2 is 2.21 bits per heavy atom. The fraction of sp³-hybridized carbons (Fsp3) is 0.533. The molecule has 4 heteroatoms. The van der Waals surface area contributed by atoms with Crippen LogP contribution in [0.5, 0.6) is 5.75 Å². The lowest BCUT2D eigenvalue weighted by Gasteiger charge is -2.28. The molecule has 0 aromatic heterocycles. The molecular formula is C15H20N2O2. The van der Waals surface area contributed by atoms with E-state index in [9.17, 15) is 4.79 Å². The van der Waals surface area contributed by atoms with Crippen LogP contribution in [0.2, 0.25) is 0 Å². The SMILES string of the molecule is CNC1CCN(C(=O)C2CCOc3ccccc32)C1. The average Bonchev–Trinajstić information content (AvgIpc) is 2.95. The third kappa shape index (κ3) is 2.32. The quantitative estimate of drug-likeness (QED) is 0.873. The first-order chi connectivity index (χ1) is 9.29. The molecule has 0 spiro atoms. The first-order valence-corrected chi connectivity index (χ1v) is 6.97. The maximum atomic E-state index is 12.7. The standard InChI is InChI=1S/C15H20N2O2/c1-16-11-6-8-17(10-11)15(18)13-7-9-19-14-5-3-2-4-12(13)14/h2-5,11,13,16H,6-10H2,1H3. The maximum Gasteiger partial charge on any atom is 0.230 e. The molecule has 102 valence electrons. The second-order valence-electron chi connectivity index (χ2n) is 5.29. The van der Waals surface area contributed by atoms with Crippen LogP contribution in [0.25, 0.3) is 0 Å². The smallest absolute Gasteiger partial charge is 0.230 e. The normalized spacial score (nSPS) is 25.8. The van der Waals surface area contributed by atoms with Crippen LogP contribution in [0.15, 0.2) is 24.3 Å². The summed E-state index contributed by atoms with van der Waals surface area (Å²) in [6.07, 6.45) is 1.84. The fourth-order valence-corrected chi connectivity index (χ4v) is 3.02. The number of ether oxygens (including phenoxy) is 1. The summed E-state index contributed by atoms with van der Waals surface area (Å²) < 4.78 is 5.63. The second kappa shape index (κ2) is 5.21. The topological polar surface area (TPSA) is 41.6 Å². The molecule has 1 amide bonds. The Morgan fingerprint density at radius 3 is 3.00 bits per heavy atom. The molecule has 3 rings (SSSR count). The Hall–Kier alpha value is -1.55. The molecule has 2 aliphatic rings. The Bertz CT molecular complexity index is 475. The third-order valence-electron chi connectivity index (χ3n) is 4.16. The predicted octanol–water partition coefficient (Wildman–Crippen LogP) is 1.37. The van der Waals surface area contributed by atoms with Crippen LogP contribution in [0.4, 0.5) is 0 Å². The second-order valence-corrected chi connectivity index (χ2v) is 5.29. The number of hydrogen-bond acceptors (Lipinski definition) is 3. The van der Waals surface area contributed by atoms with Gasteiger partial charge in [-0.2, -0.15) is 0 Å². The van der Waals surface area contributed by atoms with Gasteiger partial charge in [-0.1, -0.05) is 18.2 Å². The van der Waals surface area contributed by atoms with Gasteiger partial charge >= 0.3 is 0 Å². The molecule has 0 aliphatic carbocycles. The molecule has 2 unspecified atom stereocenters. The van der Waals surface area contributed by atoms with Crippen molar-refractivity contribution in [2.24, 2.45) is 0 Å². The van der Waals surface area contributed by atoms with Gasteiger partial charge in [-0.05, 0) is 26.0 Å². The monoisotopic (exact) mass is 260 g/mol. The van der Waals surface area contributed by atoms with Crippen molar-refractivity contribution in [1.82, 2.24) is 10.2 Å². The lowest BCUT2D eigenvalue weighted by atomic mass is 9.92. The highest BCUT2D eigenvalue weighted by atomic mass is 16.5. The van der Waals surface area contributed by atoms with Crippen LogP contribution < -0.4 is 10.1 Å². The average molecular weight is 260 g/mol. The Kier molecular flexibility index (Phi) is 3.42. The number of para-hydroxylation sites is 1. The van der Waals surface area contributed by atoms with E-state index in [-0.39, 0.29) is 11.8 Å². The molecule has 0 bridgehead atoms. The largest absolute Gasteiger partial charge is 0.493 e. The minimum absolute atomic E-state index is 0.0273. The summed E-state index contributed by atoms with van der Waals surface area (Å²) in [5, 5.41) is 3.25. The van der Waals surface area contributed by atoms with E-state index in [2.05, 4.69) is 5.32 Å². The van der Waals surface area contributed by atoms with Gasteiger partial charge in [0.2, 0.25) is 5.91 Å². The van der Waals surface area contributed by atoms with Gasteiger partial charge in [-0.15, -0.1) is 0 Å². The zero-order valence-electron chi connectivity index (χ0n) is 11.3. The van der Waals surface area contributed by atoms with Crippen LogP contribution in [-0.2, 0) is 4.79 Å². The molecule has 2 heterocycles. The minimum atomic E-state index is -0.0273. The van der Waals surface area contributed by atoms with E-state index in [1.165, 1.54) is 0 Å². The molecular weight excluding hydrogens is 240 g/mol. The maximum absolute atomic E-state index is 12.7. The first-order valence-electron chi connectivity index (χ1n) is 6.97. The van der Waals surface area contributed by atoms with Crippen molar-refractivity contribution < 1.29 is 9.53 Å². The van der Waals surface area contributed by atoms with Crippen LogP contribution in [0, 0.1) is 0 Å². The van der Waals surface area contributed by atoms with Crippen molar-refractivity contribution >= 4 is 5.91 Å². The van der Waals surface area contributed by atoms with Gasteiger partial charge in [0, 0.05) is 24.7 Å². The number of likely N-dealkylation sites (tertiary alicyclic amines) is 1. The summed E-state index contributed by atoms with van der Waals surface area (Å²) in [6.45, 7) is 2.33. The van der Waals surface area contributed by atoms with Crippen molar-refractivity contribution in [2.75, 3.05) is 26.7 Å². The predicted molar refractivity (Wildman–Crippen MR) is 73.3 cm³/mol. The van der Waals surface area contributed by atoms with Crippen LogP contribution in [0.3, 0.4) is 0 Å². The molecule has 1 aromatic rings. The molecule has 2 aliphatic heterocycles. The number of carbonyl (C=O) groups is 1. The number of nitrogens with one attached hydrogen (secondary N) is 1. The highest BCUT2D eigenvalue weighted by Gasteiger charge is 2.33. The molecule has 1 N–H and O–H groups in total. The molecule has 4 nitrogen and oxygen atoms in total. The molecule has 1 fully saturated rings. The van der Waals surface area contributed by atoms with E-state index in [1.54, 1.807) is 0 Å². The molecule has 1 saturated heterocycles. The van der Waals surface area contributed by atoms with E-state index in [1.807, 2.05) is 36.2 Å². The van der Waals surface area contributed by atoms with Gasteiger partial charge in [0.05, 0.1) is 12.5 Å². The lowest BCUT2D eigenvalue weighted by molar-refractivity contribution is -0.132. The Balaban J connectivity index is 1.78. The minimum Gasteiger partial charge on any atom is -0.493 e. The van der Waals surface area contributed by atoms with E-state index in [4.69, 9.17) is 4.74 Å². The van der Waals surface area contributed by atoms with Gasteiger partial charge in [0.25, 0.3) is 0 Å². The van der Waals surface area contributed by atoms with Crippen molar-refractivity contribution in [2.45, 2.75) is 24.8 Å². The van der Waals surface area contributed by atoms with E-state index < -0.39 is 0 Å². The van der Waals surface area contributed by atoms with Gasteiger partial charge < -0.3 is 15.0 Å². The number of hydrogen-bond donors (Lipinski definition) is 1.